The van der Waals surface area contributed by atoms with Crippen LogP contribution in [0.3, 0.4) is 0 Å². The van der Waals surface area contributed by atoms with Gasteiger partial charge in [0, 0.05) is 33.2 Å². The lowest BCUT2D eigenvalue weighted by atomic mass is 9.94. The van der Waals surface area contributed by atoms with Crippen molar-refractivity contribution in [3.05, 3.63) is 101 Å². The number of imidazole rings is 1. The van der Waals surface area contributed by atoms with Crippen LogP contribution in [0.2, 0.25) is 0 Å². The Hall–Kier alpha value is -4.66. The minimum Gasteiger partial charge on any atom is -0.390 e. The largest absolute Gasteiger partial charge is 0.390 e. The van der Waals surface area contributed by atoms with Gasteiger partial charge in [-0.1, -0.05) is 101 Å². The molecule has 290 valence electrons. The molecular weight excluding hydrogens is 707 g/mol. The van der Waals surface area contributed by atoms with E-state index in [2.05, 4.69) is 10.5 Å². The van der Waals surface area contributed by atoms with Crippen molar-refractivity contribution >= 4 is 33.0 Å². The number of sulfonamides is 1. The molecule has 0 spiro atoms. The van der Waals surface area contributed by atoms with Crippen LogP contribution in [0.15, 0.2) is 88.9 Å². The number of nitrogens with zero attached hydrogens (tertiary/aromatic N) is 6. The van der Waals surface area contributed by atoms with E-state index >= 15 is 0 Å². The summed E-state index contributed by atoms with van der Waals surface area (Å²) in [6, 6.07) is 21.2. The number of hydrogen-bond donors (Lipinski definition) is 2. The molecule has 5 rings (SSSR count). The number of aryl methyl sites for hydroxylation is 1. The average molecular weight is 760 g/mol. The van der Waals surface area contributed by atoms with Gasteiger partial charge in [0.05, 0.1) is 34.6 Å². The molecule has 2 N–H and O–H groups in total. The molecule has 13 nitrogen and oxygen atoms in total. The summed E-state index contributed by atoms with van der Waals surface area (Å²) in [5.41, 5.74) is 2.76. The molecule has 0 unspecified atom stereocenters. The Kier molecular flexibility index (Phi) is 12.9. The number of carbonyl (C=O) groups excluding carboxylic acids is 2. The van der Waals surface area contributed by atoms with Crippen LogP contribution in [0.25, 0.3) is 11.0 Å². The number of fused-ring (bicyclic) bond motifs is 1. The Morgan fingerprint density at radius 3 is 2.30 bits per heavy atom. The van der Waals surface area contributed by atoms with E-state index in [0.717, 1.165) is 22.4 Å². The van der Waals surface area contributed by atoms with E-state index in [9.17, 15) is 28.0 Å². The summed E-state index contributed by atoms with van der Waals surface area (Å²) < 4.78 is 31.4. The maximum Gasteiger partial charge on any atom is 0.321 e. The van der Waals surface area contributed by atoms with Crippen LogP contribution in [0.1, 0.15) is 58.0 Å². The van der Waals surface area contributed by atoms with Crippen molar-refractivity contribution in [1.82, 2.24) is 29.0 Å². The Balaban J connectivity index is 1.39. The highest BCUT2D eigenvalue weighted by Crippen LogP contribution is 2.26. The van der Waals surface area contributed by atoms with E-state index < -0.39 is 39.5 Å². The van der Waals surface area contributed by atoms with Crippen molar-refractivity contribution in [3.63, 3.8) is 0 Å². The zero-order valence-electron chi connectivity index (χ0n) is 32.1. The number of nitrogens with one attached hydrogen (secondary N) is 1. The fourth-order valence-electron chi connectivity index (χ4n) is 6.97. The Bertz CT molecular complexity index is 2010. The summed E-state index contributed by atoms with van der Waals surface area (Å²) in [4.78, 5) is 47.2. The molecule has 0 aliphatic carbocycles. The molecule has 1 aromatic heterocycles. The predicted molar refractivity (Wildman–Crippen MR) is 209 cm³/mol. The third-order valence-electron chi connectivity index (χ3n) is 10.1. The third-order valence-corrected chi connectivity index (χ3v) is 11.9. The molecule has 0 saturated carbocycles. The normalized spacial score (nSPS) is 16.1. The maximum atomic E-state index is 14.4. The van der Waals surface area contributed by atoms with Gasteiger partial charge in [-0.05, 0) is 53.1 Å². The van der Waals surface area contributed by atoms with Crippen LogP contribution in [-0.2, 0) is 41.4 Å². The molecule has 3 aromatic carbocycles. The summed E-state index contributed by atoms with van der Waals surface area (Å²) in [7, 11) is -2.18. The number of para-hydroxylation sites is 2. The molecule has 0 radical (unpaired) electrons. The van der Waals surface area contributed by atoms with Crippen LogP contribution in [-0.4, -0.2) is 93.5 Å². The zero-order valence-corrected chi connectivity index (χ0v) is 32.9. The van der Waals surface area contributed by atoms with Gasteiger partial charge in [0.25, 0.3) is 0 Å². The molecular formula is C40H53N7O6S. The Labute approximate surface area is 318 Å². The monoisotopic (exact) mass is 759 g/mol. The third kappa shape index (κ3) is 9.52. The first kappa shape index (κ1) is 40.5. The summed E-state index contributed by atoms with van der Waals surface area (Å²) >= 11 is 0. The smallest absolute Gasteiger partial charge is 0.321 e. The summed E-state index contributed by atoms with van der Waals surface area (Å²) in [5.74, 6) is 0.117. The lowest BCUT2D eigenvalue weighted by molar-refractivity contribution is -0.128. The number of amides is 3. The summed E-state index contributed by atoms with van der Waals surface area (Å²) in [5, 5.41) is 17.9. The van der Waals surface area contributed by atoms with E-state index in [0.29, 0.717) is 31.6 Å². The quantitative estimate of drug-likeness (QED) is 0.138. The van der Waals surface area contributed by atoms with Crippen LogP contribution in [0.5, 0.6) is 0 Å². The number of aliphatic hydroxyl groups is 1. The molecule has 1 fully saturated rings. The number of rotatable bonds is 17. The lowest BCUT2D eigenvalue weighted by Gasteiger charge is -2.35. The first-order chi connectivity index (χ1) is 25.6. The van der Waals surface area contributed by atoms with Crippen molar-refractivity contribution < 1.29 is 23.1 Å². The number of urea groups is 1. The maximum absolute atomic E-state index is 14.4. The van der Waals surface area contributed by atoms with E-state index in [4.69, 9.17) is 4.98 Å². The second kappa shape index (κ2) is 17.2. The fraction of sp³-hybridized carbons (Fsp3) is 0.475. The number of aromatic nitrogens is 2. The first-order valence-corrected chi connectivity index (χ1v) is 19.9. The average Bonchev–Trinajstić information content (AvgIpc) is 3.65. The van der Waals surface area contributed by atoms with Crippen LogP contribution in [0, 0.1) is 16.2 Å². The first-order valence-electron chi connectivity index (χ1n) is 18.5. The van der Waals surface area contributed by atoms with Gasteiger partial charge in [-0.3, -0.25) is 4.79 Å². The van der Waals surface area contributed by atoms with Gasteiger partial charge in [0.15, 0.2) is 0 Å². The van der Waals surface area contributed by atoms with Gasteiger partial charge in [-0.25, -0.2) is 18.2 Å². The number of carbonyl (C=O) groups is 2. The molecule has 0 bridgehead atoms. The molecule has 3 amide bonds. The summed E-state index contributed by atoms with van der Waals surface area (Å²) in [6.07, 6.45) is -0.465. The molecule has 1 aliphatic rings. The fourth-order valence-corrected chi connectivity index (χ4v) is 8.65. The van der Waals surface area contributed by atoms with Gasteiger partial charge in [0.1, 0.15) is 18.4 Å². The minimum absolute atomic E-state index is 0.0184. The van der Waals surface area contributed by atoms with Crippen molar-refractivity contribution in [1.29, 1.82) is 0 Å². The van der Waals surface area contributed by atoms with E-state index in [-0.39, 0.29) is 42.9 Å². The number of benzene rings is 3. The predicted octanol–water partition coefficient (Wildman–Crippen LogP) is 5.32. The Morgan fingerprint density at radius 1 is 1.00 bits per heavy atom. The lowest BCUT2D eigenvalue weighted by Crippen LogP contribution is -2.57. The van der Waals surface area contributed by atoms with Gasteiger partial charge in [-0.15, -0.1) is 0 Å². The van der Waals surface area contributed by atoms with Crippen LogP contribution < -0.4 is 5.32 Å². The highest BCUT2D eigenvalue weighted by Gasteiger charge is 2.41. The van der Waals surface area contributed by atoms with Gasteiger partial charge in [-0.2, -0.15) is 9.21 Å². The van der Waals surface area contributed by atoms with E-state index in [1.54, 1.807) is 21.9 Å². The second-order valence-corrected chi connectivity index (χ2v) is 17.4. The standard InChI is InChI=1S/C40H53N7O6S/c1-7-28(2)37(47-22-21-45(39(47)50)26-36-42-32-15-11-12-16-34(32)44(36)6)38(49)43-33(23-29-13-9-8-10-14-29)35(48)25-46(27-40(3,4)5)54(52,53)31-19-17-30(18-20-31)24-41-51/h8-20,28,33,35,37,48H,7,21-27H2,1-6H3,(H,43,49)/t28-,33-,35+,37-/m0/s1. The van der Waals surface area contributed by atoms with Crippen molar-refractivity contribution in [2.24, 2.45) is 23.6 Å². The number of nitroso groups, excluding NO2 is 1. The topological polar surface area (TPSA) is 158 Å². The second-order valence-electron chi connectivity index (χ2n) is 15.5. The van der Waals surface area contributed by atoms with Crippen LogP contribution in [0.4, 0.5) is 4.79 Å². The summed E-state index contributed by atoms with van der Waals surface area (Å²) in [6.45, 7) is 10.4. The minimum atomic E-state index is -4.11. The van der Waals surface area contributed by atoms with E-state index in [1.165, 1.54) is 16.4 Å². The highest BCUT2D eigenvalue weighted by molar-refractivity contribution is 7.89. The SMILES string of the molecule is CC[C@H](C)[C@@H](C(=O)N[C@@H](Cc1ccccc1)[C@H](O)CN(CC(C)(C)C)S(=O)(=O)c1ccc(CN=O)cc1)N1CCN(Cc2nc3ccccc3n2C)C1=O. The number of hydrogen-bond acceptors (Lipinski definition) is 8. The molecule has 54 heavy (non-hydrogen) atoms. The molecule has 14 heteroatoms. The van der Waals surface area contributed by atoms with Crippen molar-refractivity contribution in [2.45, 2.75) is 83.6 Å². The zero-order chi connectivity index (χ0) is 39.2. The molecule has 1 saturated heterocycles. The van der Waals surface area contributed by atoms with Gasteiger partial charge >= 0.3 is 6.03 Å². The molecule has 4 aromatic rings. The molecule has 2 heterocycles. The van der Waals surface area contributed by atoms with E-state index in [1.807, 2.05) is 101 Å². The van der Waals surface area contributed by atoms with Crippen LogP contribution >= 0.6 is 0 Å². The highest BCUT2D eigenvalue weighted by atomic mass is 32.2. The van der Waals surface area contributed by atoms with Crippen molar-refractivity contribution in [3.8, 4) is 0 Å². The Morgan fingerprint density at radius 2 is 1.67 bits per heavy atom. The number of aliphatic hydroxyl groups excluding tert-OH is 1. The van der Waals surface area contributed by atoms with Crippen molar-refractivity contribution in [2.75, 3.05) is 26.2 Å². The molecule has 1 aliphatic heterocycles. The molecule has 4 atom stereocenters. The van der Waals surface area contributed by atoms with Gasteiger partial charge in [0.2, 0.25) is 15.9 Å². The van der Waals surface area contributed by atoms with Gasteiger partial charge < -0.3 is 24.8 Å².